The molecule has 18 heavy (non-hydrogen) atoms. The van der Waals surface area contributed by atoms with E-state index in [9.17, 15) is 0 Å². The third kappa shape index (κ3) is 2.94. The number of hydrogen-bond acceptors (Lipinski definition) is 4. The van der Waals surface area contributed by atoms with E-state index in [-0.39, 0.29) is 5.84 Å². The van der Waals surface area contributed by atoms with Crippen LogP contribution in [0.2, 0.25) is 5.02 Å². The molecule has 0 bridgehead atoms. The van der Waals surface area contributed by atoms with Crippen LogP contribution in [-0.2, 0) is 0 Å². The summed E-state index contributed by atoms with van der Waals surface area (Å²) in [5, 5.41) is 12.2. The maximum absolute atomic E-state index is 8.73. The average Bonchev–Trinajstić information content (AvgIpc) is 2.39. The van der Waals surface area contributed by atoms with Gasteiger partial charge in [-0.2, -0.15) is 0 Å². The molecular formula is C12H10ClN3OS. The summed E-state index contributed by atoms with van der Waals surface area (Å²) in [6.45, 7) is 0. The summed E-state index contributed by atoms with van der Waals surface area (Å²) in [4.78, 5) is 5.84. The predicted octanol–water partition coefficient (Wildman–Crippen LogP) is 2.98. The molecule has 6 heteroatoms. The number of halogens is 1. The smallest absolute Gasteiger partial charge is 0.189 e. The molecular weight excluding hydrogens is 270 g/mol. The molecule has 0 aliphatic rings. The first kappa shape index (κ1) is 12.7. The Labute approximate surface area is 113 Å². The van der Waals surface area contributed by atoms with Crippen LogP contribution in [0, 0.1) is 0 Å². The van der Waals surface area contributed by atoms with Crippen molar-refractivity contribution < 1.29 is 5.21 Å². The molecule has 0 amide bonds. The molecule has 2 aromatic rings. The summed E-state index contributed by atoms with van der Waals surface area (Å²) >= 11 is 7.37. The normalized spacial score (nSPS) is 11.5. The Balaban J connectivity index is 2.40. The summed E-state index contributed by atoms with van der Waals surface area (Å²) in [5.74, 6) is -0.0369. The molecule has 1 aromatic heterocycles. The highest BCUT2D eigenvalue weighted by atomic mass is 35.5. The van der Waals surface area contributed by atoms with Crippen molar-refractivity contribution in [1.29, 1.82) is 0 Å². The second kappa shape index (κ2) is 5.75. The fraction of sp³-hybridized carbons (Fsp3) is 0. The fourth-order valence-electron chi connectivity index (χ4n) is 1.35. The van der Waals surface area contributed by atoms with E-state index in [0.29, 0.717) is 10.7 Å². The number of amidine groups is 1. The lowest BCUT2D eigenvalue weighted by atomic mass is 10.3. The molecule has 0 aliphatic heterocycles. The molecule has 0 spiro atoms. The highest BCUT2D eigenvalue weighted by Crippen LogP contribution is 2.31. The highest BCUT2D eigenvalue weighted by Gasteiger charge is 2.11. The van der Waals surface area contributed by atoms with Crippen molar-refractivity contribution >= 4 is 29.2 Å². The topological polar surface area (TPSA) is 71.5 Å². The van der Waals surface area contributed by atoms with Gasteiger partial charge in [0.2, 0.25) is 0 Å². The first-order valence-corrected chi connectivity index (χ1v) is 6.26. The summed E-state index contributed by atoms with van der Waals surface area (Å²) in [6, 6.07) is 11.5. The second-order valence-electron chi connectivity index (χ2n) is 3.40. The van der Waals surface area contributed by atoms with E-state index in [1.807, 2.05) is 30.3 Å². The lowest BCUT2D eigenvalue weighted by Gasteiger charge is -2.07. The number of rotatable bonds is 3. The Morgan fingerprint density at radius 1 is 1.33 bits per heavy atom. The lowest BCUT2D eigenvalue weighted by Crippen LogP contribution is -2.16. The third-order valence-corrected chi connectivity index (χ3v) is 3.39. The van der Waals surface area contributed by atoms with Crippen LogP contribution in [0.5, 0.6) is 0 Å². The van der Waals surface area contributed by atoms with Gasteiger partial charge in [-0.1, -0.05) is 46.7 Å². The monoisotopic (exact) mass is 279 g/mol. The predicted molar refractivity (Wildman–Crippen MR) is 72.3 cm³/mol. The summed E-state index contributed by atoms with van der Waals surface area (Å²) in [6.07, 6.45) is 1.46. The van der Waals surface area contributed by atoms with Gasteiger partial charge in [-0.25, -0.2) is 0 Å². The summed E-state index contributed by atoms with van der Waals surface area (Å²) in [5.41, 5.74) is 5.99. The molecule has 0 saturated heterocycles. The minimum Gasteiger partial charge on any atom is -0.409 e. The van der Waals surface area contributed by atoms with Crippen LogP contribution in [0.3, 0.4) is 0 Å². The van der Waals surface area contributed by atoms with E-state index in [4.69, 9.17) is 22.5 Å². The zero-order valence-electron chi connectivity index (χ0n) is 9.25. The molecule has 0 aliphatic carbocycles. The Kier molecular flexibility index (Phi) is 4.07. The zero-order valence-corrected chi connectivity index (χ0v) is 10.8. The molecule has 1 aromatic carbocycles. The number of nitrogens with two attached hydrogens (primary N) is 1. The van der Waals surface area contributed by atoms with Gasteiger partial charge in [-0.15, -0.1) is 0 Å². The standard InChI is InChI=1S/C12H10ClN3OS/c13-8-6-10(11(15-7-8)12(14)16-17)18-9-4-2-1-3-5-9/h1-7,17H,(H2,14,16). The van der Waals surface area contributed by atoms with Crippen LogP contribution in [0.4, 0.5) is 0 Å². The number of benzene rings is 1. The highest BCUT2D eigenvalue weighted by molar-refractivity contribution is 7.99. The van der Waals surface area contributed by atoms with E-state index in [2.05, 4.69) is 10.1 Å². The van der Waals surface area contributed by atoms with E-state index in [1.54, 1.807) is 6.07 Å². The minimum atomic E-state index is -0.0369. The van der Waals surface area contributed by atoms with E-state index in [1.165, 1.54) is 18.0 Å². The first-order valence-electron chi connectivity index (χ1n) is 5.07. The lowest BCUT2D eigenvalue weighted by molar-refractivity contribution is 0.318. The largest absolute Gasteiger partial charge is 0.409 e. The third-order valence-electron chi connectivity index (χ3n) is 2.14. The van der Waals surface area contributed by atoms with Gasteiger partial charge >= 0.3 is 0 Å². The molecule has 92 valence electrons. The SMILES string of the molecule is NC(=NO)c1ncc(Cl)cc1Sc1ccccc1. The van der Waals surface area contributed by atoms with E-state index < -0.39 is 0 Å². The molecule has 4 nitrogen and oxygen atoms in total. The van der Waals surface area contributed by atoms with Crippen molar-refractivity contribution in [2.45, 2.75) is 9.79 Å². The van der Waals surface area contributed by atoms with Gasteiger partial charge in [0.1, 0.15) is 5.69 Å². The van der Waals surface area contributed by atoms with Gasteiger partial charge < -0.3 is 10.9 Å². The van der Waals surface area contributed by atoms with Crippen LogP contribution in [0.1, 0.15) is 5.69 Å². The number of aromatic nitrogens is 1. The number of oxime groups is 1. The number of hydrogen-bond donors (Lipinski definition) is 2. The van der Waals surface area contributed by atoms with E-state index >= 15 is 0 Å². The Morgan fingerprint density at radius 3 is 2.72 bits per heavy atom. The van der Waals surface area contributed by atoms with Crippen LogP contribution in [0.25, 0.3) is 0 Å². The van der Waals surface area contributed by atoms with Crippen LogP contribution < -0.4 is 5.73 Å². The quantitative estimate of drug-likeness (QED) is 0.392. The van der Waals surface area contributed by atoms with Crippen LogP contribution in [0.15, 0.2) is 57.5 Å². The molecule has 0 atom stereocenters. The van der Waals surface area contributed by atoms with Crippen molar-refractivity contribution in [2.75, 3.05) is 0 Å². The van der Waals surface area contributed by atoms with Crippen molar-refractivity contribution in [2.24, 2.45) is 10.9 Å². The summed E-state index contributed by atoms with van der Waals surface area (Å²) < 4.78 is 0. The number of nitrogens with zero attached hydrogens (tertiary/aromatic N) is 2. The first-order chi connectivity index (χ1) is 8.70. The zero-order chi connectivity index (χ0) is 13.0. The van der Waals surface area contributed by atoms with Gasteiger partial charge in [-0.05, 0) is 18.2 Å². The molecule has 0 radical (unpaired) electrons. The Morgan fingerprint density at radius 2 is 2.06 bits per heavy atom. The Hall–Kier alpha value is -1.72. The van der Waals surface area contributed by atoms with Gasteiger partial charge in [-0.3, -0.25) is 4.98 Å². The molecule has 0 fully saturated rings. The fourth-order valence-corrected chi connectivity index (χ4v) is 2.56. The van der Waals surface area contributed by atoms with Crippen LogP contribution >= 0.6 is 23.4 Å². The molecule has 3 N–H and O–H groups in total. The average molecular weight is 280 g/mol. The maximum Gasteiger partial charge on any atom is 0.189 e. The Bertz CT molecular complexity index is 575. The number of pyridine rings is 1. The van der Waals surface area contributed by atoms with Gasteiger partial charge in [0.25, 0.3) is 0 Å². The molecule has 2 rings (SSSR count). The van der Waals surface area contributed by atoms with Crippen molar-refractivity contribution in [3.05, 3.63) is 53.3 Å². The maximum atomic E-state index is 8.73. The van der Waals surface area contributed by atoms with Gasteiger partial charge in [0, 0.05) is 16.0 Å². The van der Waals surface area contributed by atoms with Gasteiger partial charge in [0.15, 0.2) is 5.84 Å². The van der Waals surface area contributed by atoms with Crippen LogP contribution in [-0.4, -0.2) is 16.0 Å². The van der Waals surface area contributed by atoms with Gasteiger partial charge in [0.05, 0.1) is 5.02 Å². The summed E-state index contributed by atoms with van der Waals surface area (Å²) in [7, 11) is 0. The molecule has 1 heterocycles. The van der Waals surface area contributed by atoms with E-state index in [0.717, 1.165) is 9.79 Å². The second-order valence-corrected chi connectivity index (χ2v) is 4.95. The van der Waals surface area contributed by atoms with Crippen molar-refractivity contribution in [3.8, 4) is 0 Å². The minimum absolute atomic E-state index is 0.0369. The molecule has 0 unspecified atom stereocenters. The molecule has 0 saturated carbocycles. The van der Waals surface area contributed by atoms with Crippen molar-refractivity contribution in [3.63, 3.8) is 0 Å². The van der Waals surface area contributed by atoms with Crippen molar-refractivity contribution in [1.82, 2.24) is 4.98 Å².